The van der Waals surface area contributed by atoms with E-state index in [0.717, 1.165) is 11.8 Å². The molecule has 0 aromatic rings. The van der Waals surface area contributed by atoms with Gasteiger partial charge in [-0.2, -0.15) is 0 Å². The SMILES string of the molecule is CC(C)/C=C/CC[C@H](C)C(C)C. The first-order chi connectivity index (χ1) is 5.54. The molecule has 0 aromatic carbocycles. The normalized spacial score (nSPS) is 14.9. The summed E-state index contributed by atoms with van der Waals surface area (Å²) in [5, 5.41) is 0. The lowest BCUT2D eigenvalue weighted by Crippen LogP contribution is -2.02. The summed E-state index contributed by atoms with van der Waals surface area (Å²) in [5.74, 6) is 2.40. The molecule has 0 N–H and O–H groups in total. The Hall–Kier alpha value is -0.260. The Balaban J connectivity index is 3.43. The summed E-state index contributed by atoms with van der Waals surface area (Å²) >= 11 is 0. The number of hydrogen-bond donors (Lipinski definition) is 0. The van der Waals surface area contributed by atoms with E-state index in [9.17, 15) is 0 Å². The highest BCUT2D eigenvalue weighted by atomic mass is 14.1. The van der Waals surface area contributed by atoms with Crippen LogP contribution in [0.4, 0.5) is 0 Å². The molecule has 0 saturated heterocycles. The van der Waals surface area contributed by atoms with Crippen molar-refractivity contribution in [2.24, 2.45) is 17.8 Å². The summed E-state index contributed by atoms with van der Waals surface area (Å²) in [6.07, 6.45) is 7.20. The van der Waals surface area contributed by atoms with Crippen LogP contribution in [0.2, 0.25) is 0 Å². The fraction of sp³-hybridized carbons (Fsp3) is 0.833. The minimum Gasteiger partial charge on any atom is -0.0883 e. The highest BCUT2D eigenvalue weighted by Crippen LogP contribution is 2.16. The van der Waals surface area contributed by atoms with Crippen LogP contribution in [0.15, 0.2) is 12.2 Å². The van der Waals surface area contributed by atoms with Gasteiger partial charge in [0.2, 0.25) is 0 Å². The van der Waals surface area contributed by atoms with Crippen molar-refractivity contribution in [2.75, 3.05) is 0 Å². The molecule has 0 bridgehead atoms. The second-order valence-electron chi connectivity index (χ2n) is 4.47. The average Bonchev–Trinajstić information content (AvgIpc) is 1.97. The van der Waals surface area contributed by atoms with Gasteiger partial charge >= 0.3 is 0 Å². The van der Waals surface area contributed by atoms with E-state index in [1.54, 1.807) is 0 Å². The van der Waals surface area contributed by atoms with Crippen molar-refractivity contribution in [3.05, 3.63) is 12.2 Å². The standard InChI is InChI=1S/C12H24/c1-10(2)8-6-7-9-12(5)11(3)4/h6,8,10-12H,7,9H2,1-5H3/b8-6+/t12-/m0/s1. The second kappa shape index (κ2) is 6.28. The molecule has 0 nitrogen and oxygen atoms in total. The van der Waals surface area contributed by atoms with E-state index in [2.05, 4.69) is 46.8 Å². The first-order valence-electron chi connectivity index (χ1n) is 5.20. The van der Waals surface area contributed by atoms with Crippen molar-refractivity contribution in [2.45, 2.75) is 47.5 Å². The molecule has 0 aliphatic carbocycles. The molecule has 0 radical (unpaired) electrons. The van der Waals surface area contributed by atoms with Gasteiger partial charge in [0.1, 0.15) is 0 Å². The molecule has 0 heterocycles. The van der Waals surface area contributed by atoms with Gasteiger partial charge in [-0.1, -0.05) is 46.8 Å². The molecule has 0 spiro atoms. The van der Waals surface area contributed by atoms with E-state index >= 15 is 0 Å². The average molecular weight is 168 g/mol. The highest BCUT2D eigenvalue weighted by molar-refractivity contribution is 4.84. The fourth-order valence-corrected chi connectivity index (χ4v) is 1.06. The molecule has 0 saturated carbocycles. The zero-order valence-electron chi connectivity index (χ0n) is 9.30. The Morgan fingerprint density at radius 3 is 2.00 bits per heavy atom. The van der Waals surface area contributed by atoms with Crippen molar-refractivity contribution >= 4 is 0 Å². The molecule has 0 rings (SSSR count). The number of hydrogen-bond acceptors (Lipinski definition) is 0. The van der Waals surface area contributed by atoms with E-state index in [-0.39, 0.29) is 0 Å². The third kappa shape index (κ3) is 6.45. The molecule has 1 atom stereocenters. The van der Waals surface area contributed by atoms with E-state index in [4.69, 9.17) is 0 Å². The third-order valence-corrected chi connectivity index (χ3v) is 2.45. The van der Waals surface area contributed by atoms with Gasteiger partial charge in [0.15, 0.2) is 0 Å². The minimum atomic E-state index is 0.708. The molecule has 12 heavy (non-hydrogen) atoms. The molecule has 0 unspecified atom stereocenters. The molecule has 0 aliphatic heterocycles. The summed E-state index contributed by atoms with van der Waals surface area (Å²) in [6, 6.07) is 0. The smallest absolute Gasteiger partial charge is 0.0290 e. The van der Waals surface area contributed by atoms with Gasteiger partial charge in [-0.3, -0.25) is 0 Å². The molecule has 0 amide bonds. The lowest BCUT2D eigenvalue weighted by atomic mass is 9.93. The predicted molar refractivity (Wildman–Crippen MR) is 57.2 cm³/mol. The Morgan fingerprint density at radius 1 is 1.00 bits per heavy atom. The van der Waals surface area contributed by atoms with Gasteiger partial charge in [-0.05, 0) is 30.6 Å². The molecule has 0 aromatic heterocycles. The fourth-order valence-electron chi connectivity index (χ4n) is 1.06. The lowest BCUT2D eigenvalue weighted by Gasteiger charge is -2.13. The third-order valence-electron chi connectivity index (χ3n) is 2.45. The van der Waals surface area contributed by atoms with Crippen LogP contribution in [-0.2, 0) is 0 Å². The number of rotatable bonds is 5. The monoisotopic (exact) mass is 168 g/mol. The van der Waals surface area contributed by atoms with Gasteiger partial charge < -0.3 is 0 Å². The van der Waals surface area contributed by atoms with Gasteiger partial charge in [0, 0.05) is 0 Å². The summed E-state index contributed by atoms with van der Waals surface area (Å²) < 4.78 is 0. The van der Waals surface area contributed by atoms with Crippen LogP contribution in [0, 0.1) is 17.8 Å². The molecular formula is C12H24. The van der Waals surface area contributed by atoms with Gasteiger partial charge in [0.05, 0.1) is 0 Å². The van der Waals surface area contributed by atoms with Crippen molar-refractivity contribution in [3.8, 4) is 0 Å². The lowest BCUT2D eigenvalue weighted by molar-refractivity contribution is 0.395. The van der Waals surface area contributed by atoms with Crippen LogP contribution in [-0.4, -0.2) is 0 Å². The predicted octanol–water partition coefficient (Wildman–Crippen LogP) is 4.27. The molecular weight excluding hydrogens is 144 g/mol. The van der Waals surface area contributed by atoms with E-state index < -0.39 is 0 Å². The first kappa shape index (κ1) is 11.7. The quantitative estimate of drug-likeness (QED) is 0.538. The number of allylic oxidation sites excluding steroid dienone is 2. The van der Waals surface area contributed by atoms with Crippen molar-refractivity contribution in [3.63, 3.8) is 0 Å². The van der Waals surface area contributed by atoms with Crippen LogP contribution in [0.1, 0.15) is 47.5 Å². The molecule has 0 aliphatic rings. The van der Waals surface area contributed by atoms with E-state index in [1.807, 2.05) is 0 Å². The van der Waals surface area contributed by atoms with Crippen LogP contribution >= 0.6 is 0 Å². The van der Waals surface area contributed by atoms with Crippen LogP contribution in [0.25, 0.3) is 0 Å². The van der Waals surface area contributed by atoms with Gasteiger partial charge in [0.25, 0.3) is 0 Å². The van der Waals surface area contributed by atoms with E-state index in [1.165, 1.54) is 12.8 Å². The Labute approximate surface area is 78.1 Å². The second-order valence-corrected chi connectivity index (χ2v) is 4.47. The Kier molecular flexibility index (Phi) is 6.14. The van der Waals surface area contributed by atoms with Crippen molar-refractivity contribution in [1.29, 1.82) is 0 Å². The van der Waals surface area contributed by atoms with Crippen LogP contribution in [0.5, 0.6) is 0 Å². The maximum Gasteiger partial charge on any atom is -0.0290 e. The maximum absolute atomic E-state index is 2.34. The van der Waals surface area contributed by atoms with Gasteiger partial charge in [-0.25, -0.2) is 0 Å². The summed E-state index contributed by atoms with van der Waals surface area (Å²) in [6.45, 7) is 11.4. The van der Waals surface area contributed by atoms with Crippen LogP contribution in [0.3, 0.4) is 0 Å². The van der Waals surface area contributed by atoms with Crippen molar-refractivity contribution in [1.82, 2.24) is 0 Å². The summed E-state index contributed by atoms with van der Waals surface area (Å²) in [7, 11) is 0. The molecule has 0 fully saturated rings. The highest BCUT2D eigenvalue weighted by Gasteiger charge is 2.04. The van der Waals surface area contributed by atoms with Crippen LogP contribution < -0.4 is 0 Å². The van der Waals surface area contributed by atoms with Crippen molar-refractivity contribution < 1.29 is 0 Å². The topological polar surface area (TPSA) is 0 Å². The zero-order valence-corrected chi connectivity index (χ0v) is 9.30. The zero-order chi connectivity index (χ0) is 9.56. The Morgan fingerprint density at radius 2 is 1.58 bits per heavy atom. The van der Waals surface area contributed by atoms with Gasteiger partial charge in [-0.15, -0.1) is 0 Å². The summed E-state index contributed by atoms with van der Waals surface area (Å²) in [5.41, 5.74) is 0. The minimum absolute atomic E-state index is 0.708. The molecule has 72 valence electrons. The largest absolute Gasteiger partial charge is 0.0883 e. The Bertz CT molecular complexity index is 120. The maximum atomic E-state index is 2.34. The molecule has 0 heteroatoms. The summed E-state index contributed by atoms with van der Waals surface area (Å²) in [4.78, 5) is 0. The van der Waals surface area contributed by atoms with E-state index in [0.29, 0.717) is 5.92 Å². The first-order valence-corrected chi connectivity index (χ1v) is 5.20.